The maximum Gasteiger partial charge on any atom is 0.305 e. The van der Waals surface area contributed by atoms with Crippen LogP contribution >= 0.6 is 0 Å². The molecule has 110 valence electrons. The lowest BCUT2D eigenvalue weighted by atomic mass is 10.1. The average molecular weight is 290 g/mol. The molecule has 1 aliphatic rings. The molecule has 1 saturated carbocycles. The Morgan fingerprint density at radius 1 is 1.52 bits per heavy atom. The fourth-order valence-electron chi connectivity index (χ4n) is 2.54. The van der Waals surface area contributed by atoms with Crippen LogP contribution in [0.4, 0.5) is 4.39 Å². The van der Waals surface area contributed by atoms with Gasteiger partial charge < -0.3 is 5.11 Å². The number of aryl methyl sites for hydroxylation is 1. The maximum absolute atomic E-state index is 13.5. The van der Waals surface area contributed by atoms with Gasteiger partial charge in [0.2, 0.25) is 0 Å². The van der Waals surface area contributed by atoms with Crippen molar-refractivity contribution in [2.45, 2.75) is 32.2 Å². The van der Waals surface area contributed by atoms with E-state index in [1.165, 1.54) is 16.8 Å². The van der Waals surface area contributed by atoms with Crippen LogP contribution in [0.3, 0.4) is 0 Å². The molecule has 3 rings (SSSR count). The highest BCUT2D eigenvalue weighted by Gasteiger charge is 2.36. The molecule has 0 amide bonds. The van der Waals surface area contributed by atoms with E-state index in [0.29, 0.717) is 11.4 Å². The molecule has 1 unspecified atom stereocenters. The van der Waals surface area contributed by atoms with Gasteiger partial charge in [0.1, 0.15) is 5.82 Å². The van der Waals surface area contributed by atoms with Crippen LogP contribution in [-0.4, -0.2) is 31.3 Å². The minimum atomic E-state index is -0.885. The van der Waals surface area contributed by atoms with Crippen LogP contribution in [0, 0.1) is 18.7 Å². The Morgan fingerprint density at radius 2 is 2.29 bits per heavy atom. The summed E-state index contributed by atoms with van der Waals surface area (Å²) in [4.78, 5) is 11.1. The quantitative estimate of drug-likeness (QED) is 0.913. The lowest BCUT2D eigenvalue weighted by Crippen LogP contribution is -2.18. The van der Waals surface area contributed by atoms with E-state index in [4.69, 9.17) is 5.11 Å². The largest absolute Gasteiger partial charge is 0.481 e. The van der Waals surface area contributed by atoms with Crippen molar-refractivity contribution < 1.29 is 14.3 Å². The van der Waals surface area contributed by atoms with Gasteiger partial charge in [0.25, 0.3) is 0 Å². The van der Waals surface area contributed by atoms with Crippen LogP contribution in [-0.2, 0) is 4.79 Å². The predicted molar refractivity (Wildman–Crippen MR) is 72.0 cm³/mol. The molecule has 1 aromatic heterocycles. The normalized spacial score (nSPS) is 15.9. The third-order valence-corrected chi connectivity index (χ3v) is 3.80. The van der Waals surface area contributed by atoms with Crippen molar-refractivity contribution in [1.82, 2.24) is 20.2 Å². The molecule has 1 aromatic carbocycles. The van der Waals surface area contributed by atoms with Gasteiger partial charge >= 0.3 is 5.97 Å². The Morgan fingerprint density at radius 3 is 2.95 bits per heavy atom. The van der Waals surface area contributed by atoms with E-state index < -0.39 is 5.97 Å². The fraction of sp³-hybridized carbons (Fsp3) is 0.429. The van der Waals surface area contributed by atoms with E-state index in [2.05, 4.69) is 15.5 Å². The molecule has 1 aliphatic carbocycles. The second-order valence-electron chi connectivity index (χ2n) is 5.41. The summed E-state index contributed by atoms with van der Waals surface area (Å²) in [7, 11) is 0. The molecule has 0 bridgehead atoms. The van der Waals surface area contributed by atoms with Crippen molar-refractivity contribution in [2.75, 3.05) is 0 Å². The molecule has 1 N–H and O–H groups in total. The SMILES string of the molecule is Cc1ccc(F)cc1-c1nnnn1C(CC(=O)O)C1CC1. The van der Waals surface area contributed by atoms with E-state index in [1.54, 1.807) is 6.07 Å². The number of halogens is 1. The number of carboxylic acids is 1. The summed E-state index contributed by atoms with van der Waals surface area (Å²) in [6.45, 7) is 1.84. The zero-order chi connectivity index (χ0) is 15.0. The number of benzene rings is 1. The van der Waals surface area contributed by atoms with Crippen LogP contribution in [0.1, 0.15) is 30.9 Å². The highest BCUT2D eigenvalue weighted by Crippen LogP contribution is 2.42. The zero-order valence-corrected chi connectivity index (χ0v) is 11.5. The molecule has 0 radical (unpaired) electrons. The molecule has 0 spiro atoms. The summed E-state index contributed by atoms with van der Waals surface area (Å²) in [6.07, 6.45) is 1.91. The van der Waals surface area contributed by atoms with Crippen molar-refractivity contribution in [3.63, 3.8) is 0 Å². The van der Waals surface area contributed by atoms with Gasteiger partial charge in [-0.05, 0) is 53.8 Å². The smallest absolute Gasteiger partial charge is 0.305 e. The molecule has 2 aromatic rings. The first-order chi connectivity index (χ1) is 10.1. The molecule has 1 atom stereocenters. The van der Waals surface area contributed by atoms with Crippen LogP contribution in [0.15, 0.2) is 18.2 Å². The molecule has 1 heterocycles. The highest BCUT2D eigenvalue weighted by molar-refractivity contribution is 5.68. The van der Waals surface area contributed by atoms with Gasteiger partial charge in [0, 0.05) is 5.56 Å². The number of aliphatic carboxylic acids is 1. The van der Waals surface area contributed by atoms with Crippen molar-refractivity contribution in [1.29, 1.82) is 0 Å². The summed E-state index contributed by atoms with van der Waals surface area (Å²) in [5.74, 6) is -0.557. The predicted octanol–water partition coefficient (Wildman–Crippen LogP) is 2.21. The van der Waals surface area contributed by atoms with Crippen LogP contribution in [0.2, 0.25) is 0 Å². The average Bonchev–Trinajstić information content (AvgIpc) is 3.16. The molecule has 7 heteroatoms. The Hall–Kier alpha value is -2.31. The lowest BCUT2D eigenvalue weighted by molar-refractivity contribution is -0.138. The second kappa shape index (κ2) is 5.23. The second-order valence-corrected chi connectivity index (χ2v) is 5.41. The van der Waals surface area contributed by atoms with Gasteiger partial charge in [0.05, 0.1) is 12.5 Å². The Labute approximate surface area is 120 Å². The lowest BCUT2D eigenvalue weighted by Gasteiger charge is -2.16. The number of tetrazole rings is 1. The number of hydrogen-bond donors (Lipinski definition) is 1. The Bertz CT molecular complexity index is 681. The van der Waals surface area contributed by atoms with Crippen molar-refractivity contribution in [3.8, 4) is 11.4 Å². The molecule has 6 nitrogen and oxygen atoms in total. The van der Waals surface area contributed by atoms with Gasteiger partial charge in [-0.1, -0.05) is 6.07 Å². The standard InChI is InChI=1S/C14H15FN4O2/c1-8-2-5-10(15)6-11(8)14-16-17-18-19(14)12(7-13(20)21)9-3-4-9/h2,5-6,9,12H,3-4,7H2,1H3,(H,20,21). The first kappa shape index (κ1) is 13.7. The van der Waals surface area contributed by atoms with Crippen molar-refractivity contribution in [2.24, 2.45) is 5.92 Å². The van der Waals surface area contributed by atoms with E-state index in [9.17, 15) is 9.18 Å². The van der Waals surface area contributed by atoms with Gasteiger partial charge in [-0.25, -0.2) is 9.07 Å². The third-order valence-electron chi connectivity index (χ3n) is 3.80. The summed E-state index contributed by atoms with van der Waals surface area (Å²) in [5.41, 5.74) is 1.44. The number of hydrogen-bond acceptors (Lipinski definition) is 4. The van der Waals surface area contributed by atoms with Gasteiger partial charge in [-0.15, -0.1) is 5.10 Å². The monoisotopic (exact) mass is 290 g/mol. The number of carbonyl (C=O) groups is 1. The summed E-state index contributed by atoms with van der Waals surface area (Å²) in [6, 6.07) is 4.13. The molecular weight excluding hydrogens is 275 g/mol. The van der Waals surface area contributed by atoms with Crippen molar-refractivity contribution in [3.05, 3.63) is 29.6 Å². The van der Waals surface area contributed by atoms with Crippen molar-refractivity contribution >= 4 is 5.97 Å². The number of nitrogens with zero attached hydrogens (tertiary/aromatic N) is 4. The number of rotatable bonds is 5. The van der Waals surface area contributed by atoms with E-state index >= 15 is 0 Å². The topological polar surface area (TPSA) is 80.9 Å². The maximum atomic E-state index is 13.5. The molecular formula is C14H15FN4O2. The summed E-state index contributed by atoms with van der Waals surface area (Å²) >= 11 is 0. The fourth-order valence-corrected chi connectivity index (χ4v) is 2.54. The Balaban J connectivity index is 2.03. The van der Waals surface area contributed by atoms with Gasteiger partial charge in [-0.2, -0.15) is 0 Å². The highest BCUT2D eigenvalue weighted by atomic mass is 19.1. The summed E-state index contributed by atoms with van der Waals surface area (Å²) in [5, 5.41) is 20.6. The third kappa shape index (κ3) is 2.76. The van der Waals surface area contributed by atoms with Gasteiger partial charge in [-0.3, -0.25) is 4.79 Å². The molecule has 0 aliphatic heterocycles. The summed E-state index contributed by atoms with van der Waals surface area (Å²) < 4.78 is 15.0. The minimum absolute atomic E-state index is 0.0307. The molecule has 0 saturated heterocycles. The first-order valence-electron chi connectivity index (χ1n) is 6.82. The number of aromatic nitrogens is 4. The van der Waals surface area contributed by atoms with Gasteiger partial charge in [0.15, 0.2) is 5.82 Å². The van der Waals surface area contributed by atoms with Crippen LogP contribution in [0.5, 0.6) is 0 Å². The van der Waals surface area contributed by atoms with E-state index in [0.717, 1.165) is 18.4 Å². The number of carboxylic acid groups (broad SMARTS) is 1. The minimum Gasteiger partial charge on any atom is -0.481 e. The Kier molecular flexibility index (Phi) is 3.40. The molecule has 21 heavy (non-hydrogen) atoms. The zero-order valence-electron chi connectivity index (χ0n) is 11.5. The molecule has 1 fully saturated rings. The first-order valence-corrected chi connectivity index (χ1v) is 6.82. The van der Waals surface area contributed by atoms with E-state index in [-0.39, 0.29) is 24.2 Å². The van der Waals surface area contributed by atoms with Crippen LogP contribution < -0.4 is 0 Å². The van der Waals surface area contributed by atoms with E-state index in [1.807, 2.05) is 6.92 Å². The van der Waals surface area contributed by atoms with Crippen LogP contribution in [0.25, 0.3) is 11.4 Å².